The van der Waals surface area contributed by atoms with E-state index in [0.717, 1.165) is 11.6 Å². The van der Waals surface area contributed by atoms with Gasteiger partial charge in [-0.05, 0) is 57.7 Å². The fraction of sp³-hybridized carbons (Fsp3) is 0.500. The summed E-state index contributed by atoms with van der Waals surface area (Å²) < 4.78 is 0. The summed E-state index contributed by atoms with van der Waals surface area (Å²) in [5.41, 5.74) is 2.27. The molecule has 2 aromatic heterocycles. The minimum atomic E-state index is -0.145. The summed E-state index contributed by atoms with van der Waals surface area (Å²) >= 11 is 0. The first-order valence-corrected chi connectivity index (χ1v) is 10.1. The molecular formula is C22H31N5O2. The second-order valence-corrected chi connectivity index (χ2v) is 7.52. The smallest absolute Gasteiger partial charge is 0.269 e. The number of carbonyl (C=O) groups is 2. The van der Waals surface area contributed by atoms with Crippen molar-refractivity contribution in [2.45, 2.75) is 51.0 Å². The lowest BCUT2D eigenvalue weighted by molar-refractivity contribution is 0.0957. The molecule has 0 aromatic carbocycles. The maximum atomic E-state index is 11.0. The van der Waals surface area contributed by atoms with E-state index in [9.17, 15) is 9.59 Å². The van der Waals surface area contributed by atoms with Gasteiger partial charge in [-0.2, -0.15) is 0 Å². The van der Waals surface area contributed by atoms with Crippen molar-refractivity contribution >= 4 is 12.2 Å². The molecule has 0 spiro atoms. The summed E-state index contributed by atoms with van der Waals surface area (Å²) in [6, 6.07) is 5.35. The van der Waals surface area contributed by atoms with Gasteiger partial charge in [0.1, 0.15) is 11.4 Å². The van der Waals surface area contributed by atoms with Crippen LogP contribution in [-0.2, 0) is 0 Å². The van der Waals surface area contributed by atoms with Gasteiger partial charge in [0, 0.05) is 30.7 Å². The fourth-order valence-electron chi connectivity index (χ4n) is 3.96. The summed E-state index contributed by atoms with van der Waals surface area (Å²) in [6.45, 7) is 1.85. The Hall–Kier alpha value is -2.67. The molecule has 1 amide bonds. The molecule has 2 aromatic rings. The van der Waals surface area contributed by atoms with Gasteiger partial charge in [0.25, 0.3) is 5.91 Å². The Morgan fingerprint density at radius 1 is 1.21 bits per heavy atom. The first-order chi connectivity index (χ1) is 14.0. The Bertz CT molecular complexity index is 780. The van der Waals surface area contributed by atoms with Crippen LogP contribution in [0.2, 0.25) is 0 Å². The van der Waals surface area contributed by atoms with E-state index in [2.05, 4.69) is 32.6 Å². The Morgan fingerprint density at radius 2 is 2.03 bits per heavy atom. The zero-order valence-corrected chi connectivity index (χ0v) is 17.5. The molecule has 2 aliphatic carbocycles. The van der Waals surface area contributed by atoms with Crippen LogP contribution in [0, 0.1) is 12.8 Å². The number of carbonyl (C=O) groups excluding carboxylic acids is 2. The maximum absolute atomic E-state index is 11.0. The normalized spacial score (nSPS) is 21.7. The van der Waals surface area contributed by atoms with Gasteiger partial charge >= 0.3 is 0 Å². The topological polar surface area (TPSA) is 96.9 Å². The molecule has 2 saturated carbocycles. The van der Waals surface area contributed by atoms with E-state index in [1.54, 1.807) is 13.1 Å². The van der Waals surface area contributed by atoms with Gasteiger partial charge in [-0.1, -0.05) is 18.9 Å². The Labute approximate surface area is 172 Å². The van der Waals surface area contributed by atoms with Crippen molar-refractivity contribution in [2.24, 2.45) is 5.92 Å². The zero-order chi connectivity index (χ0) is 21.1. The predicted octanol–water partition coefficient (Wildman–Crippen LogP) is 2.97. The number of aryl methyl sites for hydroxylation is 1. The molecule has 2 heterocycles. The number of aldehydes is 1. The maximum Gasteiger partial charge on any atom is 0.269 e. The molecule has 7 nitrogen and oxygen atoms in total. The van der Waals surface area contributed by atoms with Gasteiger partial charge in [-0.15, -0.1) is 0 Å². The highest BCUT2D eigenvalue weighted by Crippen LogP contribution is 2.44. The highest BCUT2D eigenvalue weighted by molar-refractivity contribution is 5.91. The molecule has 2 atom stereocenters. The number of amides is 1. The molecule has 2 fully saturated rings. The highest BCUT2D eigenvalue weighted by Gasteiger charge is 2.40. The van der Waals surface area contributed by atoms with Crippen molar-refractivity contribution < 1.29 is 9.59 Å². The molecule has 2 unspecified atom stereocenters. The molecule has 4 rings (SSSR count). The largest absolute Gasteiger partial charge is 0.354 e. The molecule has 0 aliphatic heterocycles. The number of nitrogens with one attached hydrogen (secondary N) is 2. The fourth-order valence-corrected chi connectivity index (χ4v) is 3.96. The van der Waals surface area contributed by atoms with E-state index in [1.165, 1.54) is 57.1 Å². The molecule has 2 bridgehead atoms. The van der Waals surface area contributed by atoms with E-state index >= 15 is 0 Å². The summed E-state index contributed by atoms with van der Waals surface area (Å²) in [7, 11) is 3.72. The van der Waals surface area contributed by atoms with Gasteiger partial charge in [0.15, 0.2) is 6.29 Å². The van der Waals surface area contributed by atoms with E-state index < -0.39 is 0 Å². The van der Waals surface area contributed by atoms with Crippen LogP contribution in [0.1, 0.15) is 65.2 Å². The van der Waals surface area contributed by atoms with Crippen molar-refractivity contribution in [1.29, 1.82) is 0 Å². The first-order valence-electron chi connectivity index (χ1n) is 10.1. The monoisotopic (exact) mass is 397 g/mol. The van der Waals surface area contributed by atoms with Gasteiger partial charge in [-0.3, -0.25) is 19.6 Å². The summed E-state index contributed by atoms with van der Waals surface area (Å²) in [5.74, 6) is 0.926. The average Bonchev–Trinajstić information content (AvgIpc) is 3.08. The molecule has 2 N–H and O–H groups in total. The summed E-state index contributed by atoms with van der Waals surface area (Å²) in [4.78, 5) is 32.3. The lowest BCUT2D eigenvalue weighted by atomic mass is 9.83. The second kappa shape index (κ2) is 11.4. The lowest BCUT2D eigenvalue weighted by Crippen LogP contribution is -2.41. The van der Waals surface area contributed by atoms with E-state index in [-0.39, 0.29) is 5.91 Å². The van der Waals surface area contributed by atoms with E-state index in [4.69, 9.17) is 0 Å². The number of rotatable bonds is 3. The SMILES string of the molecule is CNC(=O)c1cccc(C)n1.CNC12CCCC(CC1)C2.O=Cc1cnccn1. The third-order valence-electron chi connectivity index (χ3n) is 5.56. The minimum absolute atomic E-state index is 0.145. The van der Waals surface area contributed by atoms with Crippen LogP contribution in [0.5, 0.6) is 0 Å². The molecule has 29 heavy (non-hydrogen) atoms. The molecular weight excluding hydrogens is 366 g/mol. The van der Waals surface area contributed by atoms with Gasteiger partial charge in [0.05, 0.1) is 6.20 Å². The molecule has 7 heteroatoms. The number of hydrogen-bond donors (Lipinski definition) is 2. The van der Waals surface area contributed by atoms with Gasteiger partial charge in [0.2, 0.25) is 0 Å². The Kier molecular flexibility index (Phi) is 8.86. The molecule has 156 valence electrons. The van der Waals surface area contributed by atoms with Crippen LogP contribution in [0.15, 0.2) is 36.8 Å². The van der Waals surface area contributed by atoms with Crippen LogP contribution < -0.4 is 10.6 Å². The first kappa shape index (κ1) is 22.6. The van der Waals surface area contributed by atoms with Crippen LogP contribution in [0.25, 0.3) is 0 Å². The average molecular weight is 398 g/mol. The summed E-state index contributed by atoms with van der Waals surface area (Å²) in [6.07, 6.45) is 13.9. The third-order valence-corrected chi connectivity index (χ3v) is 5.56. The second-order valence-electron chi connectivity index (χ2n) is 7.52. The quantitative estimate of drug-likeness (QED) is 0.773. The van der Waals surface area contributed by atoms with Crippen molar-refractivity contribution in [3.63, 3.8) is 0 Å². The number of fused-ring (bicyclic) bond motifs is 2. The zero-order valence-electron chi connectivity index (χ0n) is 17.5. The number of hydrogen-bond acceptors (Lipinski definition) is 6. The third kappa shape index (κ3) is 7.02. The molecule has 0 saturated heterocycles. The highest BCUT2D eigenvalue weighted by atomic mass is 16.1. The van der Waals surface area contributed by atoms with Crippen LogP contribution in [0.3, 0.4) is 0 Å². The lowest BCUT2D eigenvalue weighted by Gasteiger charge is -2.32. The molecule has 2 aliphatic rings. The molecule has 0 radical (unpaired) electrons. The van der Waals surface area contributed by atoms with Crippen molar-refractivity contribution in [1.82, 2.24) is 25.6 Å². The van der Waals surface area contributed by atoms with E-state index in [0.29, 0.717) is 23.2 Å². The van der Waals surface area contributed by atoms with Gasteiger partial charge in [-0.25, -0.2) is 4.98 Å². The van der Waals surface area contributed by atoms with E-state index in [1.807, 2.05) is 19.1 Å². The number of pyridine rings is 1. The Morgan fingerprint density at radius 3 is 2.59 bits per heavy atom. The van der Waals surface area contributed by atoms with Crippen molar-refractivity contribution in [3.05, 3.63) is 53.9 Å². The van der Waals surface area contributed by atoms with Crippen LogP contribution >= 0.6 is 0 Å². The van der Waals surface area contributed by atoms with Crippen LogP contribution in [0.4, 0.5) is 0 Å². The Balaban J connectivity index is 0.000000157. The van der Waals surface area contributed by atoms with Crippen LogP contribution in [-0.4, -0.2) is 46.8 Å². The van der Waals surface area contributed by atoms with Gasteiger partial charge < -0.3 is 10.6 Å². The van der Waals surface area contributed by atoms with Crippen molar-refractivity contribution in [2.75, 3.05) is 14.1 Å². The minimum Gasteiger partial charge on any atom is -0.354 e. The number of aromatic nitrogens is 3. The van der Waals surface area contributed by atoms with Crippen molar-refractivity contribution in [3.8, 4) is 0 Å². The standard InChI is InChI=1S/C9H17N.C8H10N2O.C5H4N2O/c1-10-9-5-2-3-8(7-9)4-6-9;1-6-4-3-5-7(10-6)8(11)9-2;8-4-5-3-6-1-2-7-5/h8,10H,2-7H2,1H3;3-5H,1-2H3,(H,9,11);1-4H. The number of nitrogens with zero attached hydrogens (tertiary/aromatic N) is 3. The summed E-state index contributed by atoms with van der Waals surface area (Å²) in [5, 5.41) is 6.02. The predicted molar refractivity (Wildman–Crippen MR) is 113 cm³/mol.